The van der Waals surface area contributed by atoms with E-state index < -0.39 is 18.4 Å². The van der Waals surface area contributed by atoms with Crippen LogP contribution in [0.25, 0.3) is 39.1 Å². The first-order chi connectivity index (χ1) is 15.6. The van der Waals surface area contributed by atoms with Gasteiger partial charge in [-0.05, 0) is 17.7 Å². The van der Waals surface area contributed by atoms with Crippen LogP contribution in [0.4, 0.5) is 0 Å². The molecule has 162 valence electrons. The molecule has 4 heterocycles. The molecule has 1 aliphatic rings. The zero-order valence-electron chi connectivity index (χ0n) is 16.7. The van der Waals surface area contributed by atoms with Gasteiger partial charge in [0.05, 0.1) is 30.1 Å². The third-order valence-corrected chi connectivity index (χ3v) is 5.99. The smallest absolute Gasteiger partial charge is 0.287 e. The summed E-state index contributed by atoms with van der Waals surface area (Å²) in [6.07, 6.45) is -0.423. The molecule has 0 aliphatic carbocycles. The highest BCUT2D eigenvalue weighted by atomic mass is 16.5. The lowest BCUT2D eigenvalue weighted by Crippen LogP contribution is -2.24. The van der Waals surface area contributed by atoms with E-state index in [1.54, 1.807) is 16.7 Å². The number of fused-ring (bicyclic) bond motifs is 4. The topological polar surface area (TPSA) is 138 Å². The number of hydrogen-bond donors (Lipinski definition) is 4. The number of aromatic amines is 1. The van der Waals surface area contributed by atoms with Crippen molar-refractivity contribution in [3.8, 4) is 16.9 Å². The van der Waals surface area contributed by atoms with Crippen LogP contribution in [0, 0.1) is 0 Å². The van der Waals surface area contributed by atoms with Gasteiger partial charge in [0.1, 0.15) is 18.1 Å². The number of imidazole rings is 2. The van der Waals surface area contributed by atoms with Crippen LogP contribution in [0.1, 0.15) is 12.6 Å². The van der Waals surface area contributed by atoms with Crippen molar-refractivity contribution in [3.63, 3.8) is 0 Å². The molecule has 1 fully saturated rings. The highest BCUT2D eigenvalue weighted by Crippen LogP contribution is 2.36. The molecule has 2 aromatic carbocycles. The van der Waals surface area contributed by atoms with Gasteiger partial charge in [-0.1, -0.05) is 30.3 Å². The van der Waals surface area contributed by atoms with Gasteiger partial charge in [-0.3, -0.25) is 9.36 Å². The first kappa shape index (κ1) is 19.0. The highest BCUT2D eigenvalue weighted by Gasteiger charge is 2.35. The minimum atomic E-state index is -0.822. The second kappa shape index (κ2) is 6.89. The molecule has 0 unspecified atom stereocenters. The number of nitrogens with zero attached hydrogens (tertiary/aromatic N) is 4. The number of ether oxygens (including phenoxy) is 1. The second-order valence-corrected chi connectivity index (χ2v) is 7.86. The zero-order valence-corrected chi connectivity index (χ0v) is 16.7. The van der Waals surface area contributed by atoms with Crippen molar-refractivity contribution in [2.24, 2.45) is 0 Å². The van der Waals surface area contributed by atoms with E-state index >= 15 is 0 Å². The van der Waals surface area contributed by atoms with Crippen LogP contribution in [0.15, 0.2) is 53.6 Å². The molecular weight excluding hydrogens is 414 g/mol. The molecule has 0 spiro atoms. The van der Waals surface area contributed by atoms with Crippen LogP contribution in [0.2, 0.25) is 0 Å². The number of hydrogen-bond acceptors (Lipinski definition) is 7. The summed E-state index contributed by atoms with van der Waals surface area (Å²) in [5.41, 5.74) is 2.61. The molecule has 6 rings (SSSR count). The molecule has 0 amide bonds. The van der Waals surface area contributed by atoms with Gasteiger partial charge in [-0.2, -0.15) is 4.98 Å². The Morgan fingerprint density at radius 2 is 2.00 bits per heavy atom. The molecule has 0 radical (unpaired) electrons. The van der Waals surface area contributed by atoms with Crippen molar-refractivity contribution in [1.29, 1.82) is 0 Å². The molecule has 4 N–H and O–H groups in total. The monoisotopic (exact) mass is 433 g/mol. The van der Waals surface area contributed by atoms with Crippen molar-refractivity contribution in [1.82, 2.24) is 23.9 Å². The summed E-state index contributed by atoms with van der Waals surface area (Å²) in [7, 11) is 0. The summed E-state index contributed by atoms with van der Waals surface area (Å²) >= 11 is 0. The Hall–Kier alpha value is -3.73. The van der Waals surface area contributed by atoms with Crippen molar-refractivity contribution in [2.75, 3.05) is 6.61 Å². The van der Waals surface area contributed by atoms with Crippen LogP contribution < -0.4 is 5.56 Å². The van der Waals surface area contributed by atoms with Crippen LogP contribution in [-0.2, 0) is 4.74 Å². The summed E-state index contributed by atoms with van der Waals surface area (Å²) in [5.74, 6) is 0.373. The molecule has 1 saturated heterocycles. The third-order valence-electron chi connectivity index (χ3n) is 5.99. The number of phenolic OH excluding ortho intramolecular Hbond substituents is 1. The first-order valence-electron chi connectivity index (χ1n) is 10.2. The quantitative estimate of drug-likeness (QED) is 0.339. The Balaban J connectivity index is 1.60. The predicted octanol–water partition coefficient (Wildman–Crippen LogP) is 1.54. The lowest BCUT2D eigenvalue weighted by Gasteiger charge is -2.13. The molecule has 10 heteroatoms. The second-order valence-electron chi connectivity index (χ2n) is 7.86. The molecule has 10 nitrogen and oxygen atoms in total. The third kappa shape index (κ3) is 2.60. The summed E-state index contributed by atoms with van der Waals surface area (Å²) in [6.45, 7) is -0.307. The van der Waals surface area contributed by atoms with Crippen molar-refractivity contribution >= 4 is 28.0 Å². The number of aliphatic hydroxyl groups excluding tert-OH is 2. The number of aliphatic hydroxyl groups is 2. The van der Waals surface area contributed by atoms with Gasteiger partial charge in [-0.25, -0.2) is 9.38 Å². The maximum atomic E-state index is 13.3. The number of rotatable bonds is 3. The normalized spacial score (nSPS) is 21.2. The van der Waals surface area contributed by atoms with Gasteiger partial charge < -0.3 is 25.0 Å². The van der Waals surface area contributed by atoms with Crippen LogP contribution in [0.5, 0.6) is 5.75 Å². The molecule has 0 saturated carbocycles. The van der Waals surface area contributed by atoms with Gasteiger partial charge in [0, 0.05) is 12.0 Å². The summed E-state index contributed by atoms with van der Waals surface area (Å²) < 4.78 is 8.74. The van der Waals surface area contributed by atoms with E-state index in [9.17, 15) is 20.1 Å². The number of nitrogens with one attached hydrogen (secondary N) is 1. The Bertz CT molecular complexity index is 1540. The first-order valence-corrected chi connectivity index (χ1v) is 10.2. The van der Waals surface area contributed by atoms with E-state index in [4.69, 9.17) is 4.74 Å². The Morgan fingerprint density at radius 3 is 2.75 bits per heavy atom. The van der Waals surface area contributed by atoms with Crippen molar-refractivity contribution in [2.45, 2.75) is 24.9 Å². The Kier molecular flexibility index (Phi) is 4.09. The van der Waals surface area contributed by atoms with Crippen molar-refractivity contribution in [3.05, 3.63) is 59.1 Å². The highest BCUT2D eigenvalue weighted by molar-refractivity contribution is 5.97. The molecule has 3 aromatic heterocycles. The van der Waals surface area contributed by atoms with Gasteiger partial charge >= 0.3 is 0 Å². The number of benzene rings is 2. The lowest BCUT2D eigenvalue weighted by atomic mass is 10.0. The largest absolute Gasteiger partial charge is 0.507 e. The molecule has 5 aromatic rings. The fraction of sp³-hybridized carbons (Fsp3) is 0.227. The average molecular weight is 433 g/mol. The zero-order chi connectivity index (χ0) is 22.0. The van der Waals surface area contributed by atoms with Gasteiger partial charge in [0.2, 0.25) is 5.78 Å². The van der Waals surface area contributed by atoms with E-state index in [0.29, 0.717) is 28.0 Å². The summed E-state index contributed by atoms with van der Waals surface area (Å²) in [6, 6.07) is 12.6. The van der Waals surface area contributed by atoms with E-state index in [0.717, 1.165) is 5.56 Å². The predicted molar refractivity (Wildman–Crippen MR) is 115 cm³/mol. The fourth-order valence-electron chi connectivity index (χ4n) is 4.44. The molecule has 32 heavy (non-hydrogen) atoms. The van der Waals surface area contributed by atoms with Gasteiger partial charge in [0.25, 0.3) is 5.56 Å². The lowest BCUT2D eigenvalue weighted by molar-refractivity contribution is -0.0432. The number of aromatic hydroxyl groups is 1. The fourth-order valence-corrected chi connectivity index (χ4v) is 4.44. The van der Waals surface area contributed by atoms with Gasteiger partial charge in [0.15, 0.2) is 11.2 Å². The standard InChI is InChI=1S/C22H19N5O5/c28-9-15-14(30)8-16(32-15)26-10-23-19-20(26)25-22-24-18-12(27(22)21(19)31)6-7-13(29)17(18)11-4-2-1-3-5-11/h1-7,10,14-16,28-30H,8-9H2,(H,24,25)/t14-,15+,16+/m0/s1. The van der Waals surface area contributed by atoms with Crippen LogP contribution in [-0.4, -0.2) is 58.1 Å². The Labute approximate surface area is 180 Å². The molecule has 3 atom stereocenters. The molecule has 1 aliphatic heterocycles. The van der Waals surface area contributed by atoms with Crippen LogP contribution in [0.3, 0.4) is 0 Å². The maximum Gasteiger partial charge on any atom is 0.287 e. The van der Waals surface area contributed by atoms with E-state index in [2.05, 4.69) is 15.0 Å². The Morgan fingerprint density at radius 1 is 1.19 bits per heavy atom. The van der Waals surface area contributed by atoms with E-state index in [1.807, 2.05) is 30.3 Å². The van der Waals surface area contributed by atoms with Crippen LogP contribution >= 0.6 is 0 Å². The van der Waals surface area contributed by atoms with Crippen molar-refractivity contribution < 1.29 is 20.1 Å². The molecule has 0 bridgehead atoms. The minimum Gasteiger partial charge on any atom is -0.507 e. The van der Waals surface area contributed by atoms with E-state index in [1.165, 1.54) is 10.7 Å². The van der Waals surface area contributed by atoms with E-state index in [-0.39, 0.29) is 29.9 Å². The summed E-state index contributed by atoms with van der Waals surface area (Å²) in [4.78, 5) is 25.4. The number of aromatic nitrogens is 5. The minimum absolute atomic E-state index is 0.0823. The maximum absolute atomic E-state index is 13.3. The SMILES string of the molecule is O=c1c2ncn([C@H]3C[C@H](O)[C@@H](CO)O3)c2nc2[nH]c3c(-c4ccccc4)c(O)ccc3n12. The average Bonchev–Trinajstić information content (AvgIpc) is 3.49. The van der Waals surface area contributed by atoms with Gasteiger partial charge in [-0.15, -0.1) is 0 Å². The number of phenols is 1. The molecular formula is C22H19N5O5. The summed E-state index contributed by atoms with van der Waals surface area (Å²) in [5, 5.41) is 30.0. The number of H-pyrrole nitrogens is 1.